The second-order valence-electron chi connectivity index (χ2n) is 4.02. The van der Waals surface area contributed by atoms with Crippen LogP contribution in [0.3, 0.4) is 0 Å². The molecule has 0 aromatic heterocycles. The molecular weight excluding hydrogens is 162 g/mol. The number of rotatable bonds is 3. The Bertz CT molecular complexity index is 251. The van der Waals surface area contributed by atoms with Gasteiger partial charge in [0.15, 0.2) is 0 Å². The van der Waals surface area contributed by atoms with Crippen molar-refractivity contribution in [3.8, 4) is 0 Å². The summed E-state index contributed by atoms with van der Waals surface area (Å²) >= 11 is 0. The third-order valence-corrected chi connectivity index (χ3v) is 2.45. The average Bonchev–Trinajstić information content (AvgIpc) is 2.04. The fourth-order valence-electron chi connectivity index (χ4n) is 1.18. The monoisotopic (exact) mass is 180 g/mol. The van der Waals surface area contributed by atoms with Gasteiger partial charge in [-0.2, -0.15) is 4.65 Å². The molecule has 0 amide bonds. The van der Waals surface area contributed by atoms with Gasteiger partial charge in [-0.1, -0.05) is 30.3 Å². The van der Waals surface area contributed by atoms with Crippen LogP contribution in [0.15, 0.2) is 30.3 Å². The first-order chi connectivity index (χ1) is 6.00. The Kier molecular flexibility index (Phi) is 3.07. The molecule has 1 atom stereocenters. The van der Waals surface area contributed by atoms with Crippen molar-refractivity contribution in [2.75, 3.05) is 14.1 Å². The van der Waals surface area contributed by atoms with Crippen molar-refractivity contribution in [2.45, 2.75) is 19.4 Å². The number of hydrogen-bond donors (Lipinski definition) is 1. The molecule has 72 valence electrons. The molecule has 0 saturated carbocycles. The lowest BCUT2D eigenvalue weighted by Crippen LogP contribution is -2.45. The van der Waals surface area contributed by atoms with Crippen LogP contribution in [0, 0.1) is 0 Å². The summed E-state index contributed by atoms with van der Waals surface area (Å²) in [5.74, 6) is 0. The Labute approximate surface area is 80.0 Å². The second kappa shape index (κ2) is 3.90. The molecule has 1 aromatic rings. The lowest BCUT2D eigenvalue weighted by atomic mass is 10.1. The minimum Gasteiger partial charge on any atom is -0.217 e. The zero-order chi connectivity index (χ0) is 9.90. The van der Waals surface area contributed by atoms with Crippen molar-refractivity contribution in [3.05, 3.63) is 35.9 Å². The highest BCUT2D eigenvalue weighted by Gasteiger charge is 2.21. The number of hydrogen-bond acceptors (Lipinski definition) is 1. The molecule has 1 unspecified atom stereocenters. The van der Waals surface area contributed by atoms with Gasteiger partial charge in [-0.25, -0.2) is 5.21 Å². The summed E-state index contributed by atoms with van der Waals surface area (Å²) in [4.78, 5) is 0. The van der Waals surface area contributed by atoms with E-state index >= 15 is 0 Å². The van der Waals surface area contributed by atoms with Crippen LogP contribution in [0.5, 0.6) is 0 Å². The lowest BCUT2D eigenvalue weighted by molar-refractivity contribution is -1.09. The molecule has 0 aliphatic carbocycles. The Balaban J connectivity index is 2.61. The summed E-state index contributed by atoms with van der Waals surface area (Å²) in [6.07, 6.45) is 0.907. The van der Waals surface area contributed by atoms with Crippen LogP contribution in [-0.2, 0) is 6.42 Å². The van der Waals surface area contributed by atoms with Crippen molar-refractivity contribution in [2.24, 2.45) is 0 Å². The number of benzene rings is 1. The molecule has 0 fully saturated rings. The van der Waals surface area contributed by atoms with Crippen molar-refractivity contribution >= 4 is 0 Å². The van der Waals surface area contributed by atoms with Crippen LogP contribution >= 0.6 is 0 Å². The van der Waals surface area contributed by atoms with Crippen LogP contribution < -0.4 is 0 Å². The molecule has 0 radical (unpaired) electrons. The maximum Gasteiger partial charge on any atom is 0.120 e. The van der Waals surface area contributed by atoms with E-state index in [1.807, 2.05) is 25.1 Å². The van der Waals surface area contributed by atoms with Gasteiger partial charge in [-0.15, -0.1) is 0 Å². The minimum atomic E-state index is 0.0227. The number of hydroxylamine groups is 3. The van der Waals surface area contributed by atoms with Crippen LogP contribution in [-0.4, -0.2) is 30.0 Å². The predicted octanol–water partition coefficient (Wildman–Crippen LogP) is 2.08. The molecule has 1 aromatic carbocycles. The minimum absolute atomic E-state index is 0.0227. The molecule has 0 aliphatic rings. The fourth-order valence-corrected chi connectivity index (χ4v) is 1.18. The van der Waals surface area contributed by atoms with Gasteiger partial charge in [0.05, 0.1) is 14.1 Å². The van der Waals surface area contributed by atoms with E-state index in [0.29, 0.717) is 0 Å². The van der Waals surface area contributed by atoms with E-state index < -0.39 is 0 Å². The number of nitrogens with zero attached hydrogens (tertiary/aromatic N) is 1. The Morgan fingerprint density at radius 3 is 2.23 bits per heavy atom. The van der Waals surface area contributed by atoms with Crippen molar-refractivity contribution in [1.29, 1.82) is 0 Å². The summed E-state index contributed by atoms with van der Waals surface area (Å²) in [6.45, 7) is 2.05. The van der Waals surface area contributed by atoms with Crippen LogP contribution in [0.25, 0.3) is 0 Å². The van der Waals surface area contributed by atoms with Crippen LogP contribution in [0.4, 0.5) is 0 Å². The van der Waals surface area contributed by atoms with E-state index in [1.54, 1.807) is 14.1 Å². The maximum atomic E-state index is 9.68. The first kappa shape index (κ1) is 10.2. The maximum absolute atomic E-state index is 9.68. The molecule has 0 spiro atoms. The molecule has 0 saturated heterocycles. The molecule has 0 heterocycles. The zero-order valence-corrected chi connectivity index (χ0v) is 8.57. The van der Waals surface area contributed by atoms with Crippen molar-refractivity contribution in [3.63, 3.8) is 0 Å². The SMILES string of the molecule is CC(Cc1ccccc1)[N+](C)(C)O. The molecule has 2 nitrogen and oxygen atoms in total. The lowest BCUT2D eigenvalue weighted by Gasteiger charge is -2.27. The Hall–Kier alpha value is -0.860. The standard InChI is InChI=1S/C11H18NO/c1-10(12(2,3)13)9-11-7-5-4-6-8-11/h4-8,10,13H,9H2,1-3H3/q+1. The molecule has 0 bridgehead atoms. The van der Waals surface area contributed by atoms with Crippen molar-refractivity contribution < 1.29 is 9.85 Å². The summed E-state index contributed by atoms with van der Waals surface area (Å²) < 4.78 is 0.0227. The van der Waals surface area contributed by atoms with Gasteiger partial charge in [-0.05, 0) is 12.5 Å². The quantitative estimate of drug-likeness (QED) is 0.558. The third-order valence-electron chi connectivity index (χ3n) is 2.45. The molecular formula is C11H18NO+. The average molecular weight is 180 g/mol. The van der Waals surface area contributed by atoms with Gasteiger partial charge in [-0.3, -0.25) is 0 Å². The molecule has 13 heavy (non-hydrogen) atoms. The summed E-state index contributed by atoms with van der Waals surface area (Å²) in [5.41, 5.74) is 1.27. The highest BCUT2D eigenvalue weighted by molar-refractivity contribution is 5.15. The summed E-state index contributed by atoms with van der Waals surface area (Å²) in [7, 11) is 3.60. The van der Waals surface area contributed by atoms with Gasteiger partial charge in [0.1, 0.15) is 6.04 Å². The predicted molar refractivity (Wildman–Crippen MR) is 53.5 cm³/mol. The number of quaternary nitrogens is 1. The third kappa shape index (κ3) is 3.17. The zero-order valence-electron chi connectivity index (χ0n) is 8.57. The van der Waals surface area contributed by atoms with Gasteiger partial charge in [0.2, 0.25) is 0 Å². The molecule has 1 N–H and O–H groups in total. The molecule has 0 aliphatic heterocycles. The van der Waals surface area contributed by atoms with E-state index in [0.717, 1.165) is 6.42 Å². The van der Waals surface area contributed by atoms with E-state index in [4.69, 9.17) is 0 Å². The van der Waals surface area contributed by atoms with E-state index in [9.17, 15) is 5.21 Å². The van der Waals surface area contributed by atoms with Gasteiger partial charge >= 0.3 is 0 Å². The first-order valence-electron chi connectivity index (χ1n) is 4.60. The highest BCUT2D eigenvalue weighted by atomic mass is 16.5. The molecule has 2 heteroatoms. The van der Waals surface area contributed by atoms with Crippen LogP contribution in [0.2, 0.25) is 0 Å². The largest absolute Gasteiger partial charge is 0.217 e. The van der Waals surface area contributed by atoms with Crippen molar-refractivity contribution in [1.82, 2.24) is 0 Å². The van der Waals surface area contributed by atoms with E-state index in [2.05, 4.69) is 12.1 Å². The van der Waals surface area contributed by atoms with Gasteiger partial charge in [0.25, 0.3) is 0 Å². The fraction of sp³-hybridized carbons (Fsp3) is 0.455. The van der Waals surface area contributed by atoms with E-state index in [-0.39, 0.29) is 10.7 Å². The van der Waals surface area contributed by atoms with E-state index in [1.165, 1.54) is 5.56 Å². The summed E-state index contributed by atoms with van der Waals surface area (Å²) in [5, 5.41) is 9.68. The smallest absolute Gasteiger partial charge is 0.120 e. The summed E-state index contributed by atoms with van der Waals surface area (Å²) in [6, 6.07) is 10.5. The molecule has 1 rings (SSSR count). The highest BCUT2D eigenvalue weighted by Crippen LogP contribution is 2.09. The normalized spacial score (nSPS) is 14.2. The topological polar surface area (TPSA) is 20.2 Å². The first-order valence-corrected chi connectivity index (χ1v) is 4.60. The second-order valence-corrected chi connectivity index (χ2v) is 4.02. The van der Waals surface area contributed by atoms with Crippen LogP contribution in [0.1, 0.15) is 12.5 Å². The van der Waals surface area contributed by atoms with Gasteiger partial charge < -0.3 is 0 Å². The Morgan fingerprint density at radius 2 is 1.77 bits per heavy atom. The van der Waals surface area contributed by atoms with Gasteiger partial charge in [0, 0.05) is 6.42 Å². The Morgan fingerprint density at radius 1 is 1.23 bits per heavy atom. The number of likely N-dealkylation sites (N-methyl/N-ethyl adjacent to an activating group) is 1.